The van der Waals surface area contributed by atoms with Crippen LogP contribution in [0.25, 0.3) is 0 Å². The number of primary amides is 1. The minimum atomic E-state index is -0.577. The van der Waals surface area contributed by atoms with E-state index in [4.69, 9.17) is 15.2 Å². The van der Waals surface area contributed by atoms with E-state index in [-0.39, 0.29) is 17.8 Å². The van der Waals surface area contributed by atoms with Gasteiger partial charge in [-0.15, -0.1) is 0 Å². The van der Waals surface area contributed by atoms with Gasteiger partial charge in [0.1, 0.15) is 12.4 Å². The van der Waals surface area contributed by atoms with Gasteiger partial charge in [-0.05, 0) is 29.5 Å². The predicted molar refractivity (Wildman–Crippen MR) is 105 cm³/mol. The van der Waals surface area contributed by atoms with E-state index in [9.17, 15) is 9.59 Å². The Morgan fingerprint density at radius 3 is 2.86 bits per heavy atom. The molecule has 1 aliphatic heterocycles. The molecular formula is C20H23N5O4. The molecule has 0 saturated heterocycles. The van der Waals surface area contributed by atoms with E-state index in [0.717, 1.165) is 17.7 Å². The molecule has 152 valence electrons. The molecule has 1 amide bonds. The number of nitrogens with one attached hydrogen (secondary N) is 1. The van der Waals surface area contributed by atoms with Gasteiger partial charge < -0.3 is 20.5 Å². The van der Waals surface area contributed by atoms with Gasteiger partial charge >= 0.3 is 0 Å². The van der Waals surface area contributed by atoms with Crippen LogP contribution in [0.2, 0.25) is 0 Å². The largest absolute Gasteiger partial charge is 0.493 e. The zero-order chi connectivity index (χ0) is 20.8. The number of carbonyl (C=O) groups is 2. The van der Waals surface area contributed by atoms with Crippen LogP contribution < -0.4 is 20.5 Å². The number of rotatable bonds is 5. The first-order chi connectivity index (χ1) is 13.8. The zero-order valence-electron chi connectivity index (χ0n) is 16.6. The number of benzene rings is 1. The van der Waals surface area contributed by atoms with Crippen molar-refractivity contribution in [2.45, 2.75) is 32.7 Å². The van der Waals surface area contributed by atoms with Crippen LogP contribution in [0.1, 0.15) is 38.3 Å². The fourth-order valence-corrected chi connectivity index (χ4v) is 3.98. The van der Waals surface area contributed by atoms with Crippen LogP contribution in [0.5, 0.6) is 11.5 Å². The number of aromatic nitrogens is 3. The highest BCUT2D eigenvalue weighted by Crippen LogP contribution is 2.46. The number of nitrogens with zero attached hydrogens (tertiary/aromatic N) is 3. The molecule has 2 aromatic rings. The van der Waals surface area contributed by atoms with Crippen LogP contribution in [0.4, 0.5) is 5.95 Å². The Balaban J connectivity index is 1.79. The highest BCUT2D eigenvalue weighted by molar-refractivity contribution is 6.00. The van der Waals surface area contributed by atoms with Crippen molar-refractivity contribution in [3.8, 4) is 11.5 Å². The van der Waals surface area contributed by atoms with Gasteiger partial charge in [-0.25, -0.2) is 4.68 Å². The molecule has 1 aromatic carbocycles. The maximum Gasteiger partial charge on any atom is 0.255 e. The number of methoxy groups -OCH3 is 1. The van der Waals surface area contributed by atoms with Gasteiger partial charge in [0.25, 0.3) is 5.91 Å². The lowest BCUT2D eigenvalue weighted by atomic mass is 9.73. The van der Waals surface area contributed by atoms with Gasteiger partial charge in [-0.2, -0.15) is 10.1 Å². The zero-order valence-corrected chi connectivity index (χ0v) is 16.6. The summed E-state index contributed by atoms with van der Waals surface area (Å²) in [6.07, 6.45) is 2.67. The van der Waals surface area contributed by atoms with E-state index in [1.807, 2.05) is 6.07 Å². The van der Waals surface area contributed by atoms with Crippen LogP contribution in [0, 0.1) is 5.41 Å². The van der Waals surface area contributed by atoms with Gasteiger partial charge in [0, 0.05) is 17.7 Å². The Morgan fingerprint density at radius 1 is 1.34 bits per heavy atom. The Hall–Kier alpha value is -3.36. The number of allylic oxidation sites excluding steroid dienone is 2. The second-order valence-electron chi connectivity index (χ2n) is 8.05. The summed E-state index contributed by atoms with van der Waals surface area (Å²) in [4.78, 5) is 28.4. The standard InChI is InChI=1S/C20H23N5O4/c1-20(2)7-12-17(13(26)8-20)18(25-19(24-12)22-10-23-25)11-4-5-14(15(6-11)28-3)29-9-16(21)27/h4-6,10,18H,7-9H2,1-3H3,(H2,21,27)(H,22,23,24)/t18-/m1/s1. The molecule has 2 heterocycles. The highest BCUT2D eigenvalue weighted by atomic mass is 16.5. The average molecular weight is 397 g/mol. The van der Waals surface area contributed by atoms with Gasteiger partial charge in [0.15, 0.2) is 23.9 Å². The number of carbonyl (C=O) groups excluding carboxylic acids is 2. The van der Waals surface area contributed by atoms with Crippen molar-refractivity contribution in [3.63, 3.8) is 0 Å². The number of ether oxygens (including phenoxy) is 2. The first-order valence-corrected chi connectivity index (χ1v) is 9.31. The Morgan fingerprint density at radius 2 is 2.14 bits per heavy atom. The van der Waals surface area contributed by atoms with Gasteiger partial charge in [0.2, 0.25) is 5.95 Å². The van der Waals surface area contributed by atoms with Crippen LogP contribution >= 0.6 is 0 Å². The Kier molecular flexibility index (Phi) is 4.52. The lowest BCUT2D eigenvalue weighted by Gasteiger charge is -2.38. The summed E-state index contributed by atoms with van der Waals surface area (Å²) >= 11 is 0. The quantitative estimate of drug-likeness (QED) is 0.789. The molecule has 0 saturated carbocycles. The third-order valence-corrected chi connectivity index (χ3v) is 5.15. The molecule has 0 spiro atoms. The molecule has 4 rings (SSSR count). The number of nitrogens with two attached hydrogens (primary N) is 1. The average Bonchev–Trinajstić information content (AvgIpc) is 3.11. The second-order valence-corrected chi connectivity index (χ2v) is 8.05. The lowest BCUT2D eigenvalue weighted by Crippen LogP contribution is -2.36. The molecule has 0 radical (unpaired) electrons. The monoisotopic (exact) mass is 397 g/mol. The van der Waals surface area contributed by atoms with Crippen LogP contribution in [0.15, 0.2) is 35.8 Å². The fourth-order valence-electron chi connectivity index (χ4n) is 3.98. The van der Waals surface area contributed by atoms with E-state index in [1.54, 1.807) is 16.8 Å². The molecule has 0 fully saturated rings. The minimum absolute atomic E-state index is 0.0860. The van der Waals surface area contributed by atoms with Crippen molar-refractivity contribution in [3.05, 3.63) is 41.4 Å². The minimum Gasteiger partial charge on any atom is -0.493 e. The number of hydrogen-bond acceptors (Lipinski definition) is 7. The molecule has 1 aromatic heterocycles. The van der Waals surface area contributed by atoms with Crippen molar-refractivity contribution in [1.82, 2.24) is 14.8 Å². The molecule has 3 N–H and O–H groups in total. The number of ketones is 1. The van der Waals surface area contributed by atoms with Crippen molar-refractivity contribution in [2.75, 3.05) is 19.0 Å². The number of hydrogen-bond donors (Lipinski definition) is 2. The third-order valence-electron chi connectivity index (χ3n) is 5.15. The van der Waals surface area contributed by atoms with Crippen molar-refractivity contribution in [1.29, 1.82) is 0 Å². The van der Waals surface area contributed by atoms with Crippen LogP contribution in [-0.4, -0.2) is 40.2 Å². The van der Waals surface area contributed by atoms with E-state index < -0.39 is 11.9 Å². The van der Waals surface area contributed by atoms with Crippen molar-refractivity contribution in [2.24, 2.45) is 11.1 Å². The molecule has 1 atom stereocenters. The number of amides is 1. The SMILES string of the molecule is COc1cc([C@@H]2C3=C(CC(C)(C)CC3=O)Nc3ncnn32)ccc1OCC(N)=O. The lowest BCUT2D eigenvalue weighted by molar-refractivity contribution is -0.120. The van der Waals surface area contributed by atoms with Gasteiger partial charge in [-0.1, -0.05) is 19.9 Å². The molecule has 1 aliphatic carbocycles. The summed E-state index contributed by atoms with van der Waals surface area (Å²) in [5.41, 5.74) is 7.41. The summed E-state index contributed by atoms with van der Waals surface area (Å²) in [5, 5.41) is 7.62. The summed E-state index contributed by atoms with van der Waals surface area (Å²) in [7, 11) is 1.51. The van der Waals surface area contributed by atoms with E-state index in [1.165, 1.54) is 13.4 Å². The Labute approximate surface area is 167 Å². The molecule has 0 unspecified atom stereocenters. The molecule has 29 heavy (non-hydrogen) atoms. The smallest absolute Gasteiger partial charge is 0.255 e. The van der Waals surface area contributed by atoms with Gasteiger partial charge in [0.05, 0.1) is 7.11 Å². The topological polar surface area (TPSA) is 121 Å². The fraction of sp³-hybridized carbons (Fsp3) is 0.400. The summed E-state index contributed by atoms with van der Waals surface area (Å²) in [6.45, 7) is 3.91. The Bertz CT molecular complexity index is 1020. The summed E-state index contributed by atoms with van der Waals surface area (Å²) in [6, 6.07) is 4.90. The highest BCUT2D eigenvalue weighted by Gasteiger charge is 2.41. The van der Waals surface area contributed by atoms with Crippen LogP contribution in [-0.2, 0) is 9.59 Å². The normalized spacial score (nSPS) is 19.8. The maximum atomic E-state index is 13.1. The predicted octanol–water partition coefficient (Wildman–Crippen LogP) is 1.81. The van der Waals surface area contributed by atoms with E-state index in [0.29, 0.717) is 29.4 Å². The van der Waals surface area contributed by atoms with E-state index >= 15 is 0 Å². The van der Waals surface area contributed by atoms with E-state index in [2.05, 4.69) is 29.2 Å². The first-order valence-electron chi connectivity index (χ1n) is 9.31. The maximum absolute atomic E-state index is 13.1. The number of anilines is 1. The summed E-state index contributed by atoms with van der Waals surface area (Å²) in [5.74, 6) is 0.935. The molecule has 9 nitrogen and oxygen atoms in total. The number of Topliss-reactive ketones (excluding diaryl/α,β-unsaturated/α-hetero) is 1. The molecule has 0 bridgehead atoms. The van der Waals surface area contributed by atoms with Crippen molar-refractivity contribution < 1.29 is 19.1 Å². The molecular weight excluding hydrogens is 374 g/mol. The third kappa shape index (κ3) is 3.43. The molecule has 9 heteroatoms. The molecule has 2 aliphatic rings. The second kappa shape index (κ2) is 6.91. The van der Waals surface area contributed by atoms with Gasteiger partial charge in [-0.3, -0.25) is 9.59 Å². The number of fused-ring (bicyclic) bond motifs is 1. The van der Waals surface area contributed by atoms with Crippen molar-refractivity contribution >= 4 is 17.6 Å². The van der Waals surface area contributed by atoms with Crippen LogP contribution in [0.3, 0.4) is 0 Å². The first kappa shape index (κ1) is 19.0. The summed E-state index contributed by atoms with van der Waals surface area (Å²) < 4.78 is 12.6.